The van der Waals surface area contributed by atoms with Crippen LogP contribution in [-0.4, -0.2) is 28.2 Å². The largest absolute Gasteiger partial charge is 0.506 e. The van der Waals surface area contributed by atoms with Crippen LogP contribution >= 0.6 is 24.0 Å². The van der Waals surface area contributed by atoms with Crippen molar-refractivity contribution in [2.24, 2.45) is 11.0 Å². The zero-order valence-corrected chi connectivity index (χ0v) is 20.2. The third kappa shape index (κ3) is 8.47. The molecule has 1 atom stereocenters. The summed E-state index contributed by atoms with van der Waals surface area (Å²) in [7, 11) is 0. The van der Waals surface area contributed by atoms with Crippen molar-refractivity contribution in [2.45, 2.75) is 90.9 Å². The lowest BCUT2D eigenvalue weighted by Crippen LogP contribution is -2.24. The van der Waals surface area contributed by atoms with Gasteiger partial charge in [0, 0.05) is 17.9 Å². The average Bonchev–Trinajstić information content (AvgIpc) is 3.09. The van der Waals surface area contributed by atoms with Crippen molar-refractivity contribution in [1.82, 2.24) is 5.01 Å². The lowest BCUT2D eigenvalue weighted by atomic mass is 9.98. The summed E-state index contributed by atoms with van der Waals surface area (Å²) in [6.45, 7) is 5.03. The molecule has 30 heavy (non-hydrogen) atoms. The van der Waals surface area contributed by atoms with Crippen LogP contribution in [0.25, 0.3) is 0 Å². The number of aromatic hydroxyl groups is 1. The van der Waals surface area contributed by atoms with E-state index >= 15 is 0 Å². The Labute approximate surface area is 194 Å². The first-order chi connectivity index (χ1) is 14.0. The molecule has 1 heterocycles. The zero-order chi connectivity index (χ0) is 21.1. The Morgan fingerprint density at radius 3 is 2.23 bits per heavy atom. The van der Waals surface area contributed by atoms with Gasteiger partial charge in [0.1, 0.15) is 11.6 Å². The smallest absolute Gasteiger partial charge is 0.143 e. The highest BCUT2D eigenvalue weighted by Gasteiger charge is 2.28. The van der Waals surface area contributed by atoms with E-state index in [0.29, 0.717) is 23.0 Å². The molecule has 0 bridgehead atoms. The normalized spacial score (nSPS) is 15.8. The summed E-state index contributed by atoms with van der Waals surface area (Å²) in [6, 6.07) is 5.34. The van der Waals surface area contributed by atoms with Crippen LogP contribution in [0.5, 0.6) is 5.75 Å². The third-order valence-electron chi connectivity index (χ3n) is 5.73. The highest BCUT2D eigenvalue weighted by Crippen LogP contribution is 2.31. The van der Waals surface area contributed by atoms with Crippen molar-refractivity contribution in [3.63, 3.8) is 0 Å². The van der Waals surface area contributed by atoms with Crippen LogP contribution in [0.3, 0.4) is 0 Å². The Bertz CT molecular complexity index is 678. The van der Waals surface area contributed by atoms with Crippen molar-refractivity contribution >= 4 is 35.6 Å². The SMILES string of the molecule is CCCCCCCCCCCCCC(=N)N1CC(C)C(c2cccc(Cl)c2O)=N1.Cl. The van der Waals surface area contributed by atoms with Crippen molar-refractivity contribution < 1.29 is 5.11 Å². The second kappa shape index (κ2) is 14.7. The van der Waals surface area contributed by atoms with Crippen molar-refractivity contribution in [1.29, 1.82) is 5.41 Å². The molecule has 0 amide bonds. The molecule has 1 aliphatic heterocycles. The number of hydrogen-bond donors (Lipinski definition) is 2. The molecule has 0 fully saturated rings. The first-order valence-electron chi connectivity index (χ1n) is 11.5. The van der Waals surface area contributed by atoms with Gasteiger partial charge in [-0.15, -0.1) is 12.4 Å². The summed E-state index contributed by atoms with van der Waals surface area (Å²) >= 11 is 6.04. The summed E-state index contributed by atoms with van der Waals surface area (Å²) in [5, 5.41) is 25.4. The number of nitrogens with zero attached hydrogens (tertiary/aromatic N) is 2. The number of nitrogens with one attached hydrogen (secondary N) is 1. The van der Waals surface area contributed by atoms with Gasteiger partial charge in [0.05, 0.1) is 17.3 Å². The average molecular weight is 457 g/mol. The predicted molar refractivity (Wildman–Crippen MR) is 132 cm³/mol. The van der Waals surface area contributed by atoms with Gasteiger partial charge >= 0.3 is 0 Å². The lowest BCUT2D eigenvalue weighted by Gasteiger charge is -2.15. The fraction of sp³-hybridized carbons (Fsp3) is 0.667. The van der Waals surface area contributed by atoms with E-state index in [4.69, 9.17) is 17.0 Å². The minimum absolute atomic E-state index is 0. The van der Waals surface area contributed by atoms with Gasteiger partial charge in [-0.2, -0.15) is 5.10 Å². The van der Waals surface area contributed by atoms with E-state index in [9.17, 15) is 5.11 Å². The number of rotatable bonds is 13. The molecular weight excluding hydrogens is 417 g/mol. The van der Waals surface area contributed by atoms with Crippen LogP contribution in [0.2, 0.25) is 5.02 Å². The van der Waals surface area contributed by atoms with E-state index in [-0.39, 0.29) is 24.1 Å². The Hall–Kier alpha value is -1.26. The zero-order valence-electron chi connectivity index (χ0n) is 18.6. The maximum Gasteiger partial charge on any atom is 0.143 e. The Morgan fingerprint density at radius 2 is 1.63 bits per heavy atom. The molecule has 1 unspecified atom stereocenters. The first-order valence-corrected chi connectivity index (χ1v) is 11.8. The molecule has 6 heteroatoms. The topological polar surface area (TPSA) is 59.7 Å². The first kappa shape index (κ1) is 26.8. The molecule has 2 N–H and O–H groups in total. The molecule has 4 nitrogen and oxygen atoms in total. The molecule has 0 aliphatic carbocycles. The van der Waals surface area contributed by atoms with Gasteiger partial charge in [0.2, 0.25) is 0 Å². The van der Waals surface area contributed by atoms with Crippen molar-refractivity contribution in [2.75, 3.05) is 6.54 Å². The quantitative estimate of drug-likeness (QED) is 0.181. The van der Waals surface area contributed by atoms with E-state index < -0.39 is 0 Å². The Balaban J connectivity index is 0.00000450. The van der Waals surface area contributed by atoms with Gasteiger partial charge in [-0.3, -0.25) is 10.4 Å². The molecule has 0 saturated carbocycles. The molecule has 0 saturated heterocycles. The van der Waals surface area contributed by atoms with Gasteiger partial charge in [-0.1, -0.05) is 95.7 Å². The molecule has 1 aromatic rings. The molecule has 2 rings (SSSR count). The Kier molecular flexibility index (Phi) is 13.1. The summed E-state index contributed by atoms with van der Waals surface area (Å²) in [4.78, 5) is 0. The summed E-state index contributed by atoms with van der Waals surface area (Å²) in [5.41, 5.74) is 1.49. The van der Waals surface area contributed by atoms with Gasteiger partial charge < -0.3 is 5.11 Å². The predicted octanol–water partition coefficient (Wildman–Crippen LogP) is 7.80. The minimum atomic E-state index is 0. The second-order valence-corrected chi connectivity index (χ2v) is 8.74. The summed E-state index contributed by atoms with van der Waals surface area (Å²) < 4.78 is 0. The van der Waals surface area contributed by atoms with Crippen molar-refractivity contribution in [3.05, 3.63) is 28.8 Å². The highest BCUT2D eigenvalue weighted by molar-refractivity contribution is 6.32. The molecule has 170 valence electrons. The number of phenols is 1. The second-order valence-electron chi connectivity index (χ2n) is 8.34. The van der Waals surface area contributed by atoms with Crippen LogP contribution in [0.1, 0.15) is 96.5 Å². The van der Waals surface area contributed by atoms with E-state index in [2.05, 4.69) is 18.9 Å². The molecule has 1 aromatic carbocycles. The van der Waals surface area contributed by atoms with Crippen molar-refractivity contribution in [3.8, 4) is 5.75 Å². The van der Waals surface area contributed by atoms with Crippen LogP contribution in [-0.2, 0) is 0 Å². The van der Waals surface area contributed by atoms with E-state index in [1.54, 1.807) is 11.1 Å². The number of hydrazone groups is 1. The number of halogens is 2. The fourth-order valence-electron chi connectivity index (χ4n) is 3.91. The van der Waals surface area contributed by atoms with Gasteiger partial charge in [-0.25, -0.2) is 0 Å². The summed E-state index contributed by atoms with van der Waals surface area (Å²) in [5.74, 6) is 0.819. The molecule has 0 radical (unpaired) electrons. The Morgan fingerprint density at radius 1 is 1.07 bits per heavy atom. The lowest BCUT2D eigenvalue weighted by molar-refractivity contribution is 0.439. The van der Waals surface area contributed by atoms with Crippen LogP contribution in [0, 0.1) is 11.3 Å². The maximum absolute atomic E-state index is 10.2. The number of unbranched alkanes of at least 4 members (excludes halogenated alkanes) is 10. The van der Waals surface area contributed by atoms with Crippen LogP contribution in [0.15, 0.2) is 23.3 Å². The number of phenolic OH excluding ortho intramolecular Hbond substituents is 1. The highest BCUT2D eigenvalue weighted by atomic mass is 35.5. The van der Waals surface area contributed by atoms with Crippen LogP contribution in [0.4, 0.5) is 0 Å². The number of para-hydroxylation sites is 1. The maximum atomic E-state index is 10.2. The van der Waals surface area contributed by atoms with Crippen LogP contribution < -0.4 is 0 Å². The number of benzene rings is 1. The molecule has 0 aromatic heterocycles. The third-order valence-corrected chi connectivity index (χ3v) is 6.04. The fourth-order valence-corrected chi connectivity index (χ4v) is 4.09. The minimum Gasteiger partial charge on any atom is -0.506 e. The number of hydrogen-bond acceptors (Lipinski definition) is 3. The van der Waals surface area contributed by atoms with E-state index in [0.717, 1.165) is 18.6 Å². The monoisotopic (exact) mass is 455 g/mol. The summed E-state index contributed by atoms with van der Waals surface area (Å²) in [6.07, 6.45) is 15.2. The number of amidine groups is 1. The van der Waals surface area contributed by atoms with E-state index in [1.807, 2.05) is 12.1 Å². The van der Waals surface area contributed by atoms with E-state index in [1.165, 1.54) is 64.2 Å². The molecule has 1 aliphatic rings. The van der Waals surface area contributed by atoms with Gasteiger partial charge in [0.15, 0.2) is 0 Å². The van der Waals surface area contributed by atoms with Gasteiger partial charge in [-0.05, 0) is 18.6 Å². The van der Waals surface area contributed by atoms with Gasteiger partial charge in [0.25, 0.3) is 0 Å². The standard InChI is InChI=1S/C24H38ClN3O.ClH/c1-3-4-5-6-7-8-9-10-11-12-13-17-22(26)28-18-19(2)23(27-28)20-15-14-16-21(25)24(20)29;/h14-16,19,26,29H,3-13,17-18H2,1-2H3;1H. The molecule has 0 spiro atoms. The molecular formula is C24H39Cl2N3O.